The second-order valence-corrected chi connectivity index (χ2v) is 9.99. The zero-order valence-electron chi connectivity index (χ0n) is 21.3. The molecule has 0 saturated heterocycles. The zero-order valence-corrected chi connectivity index (χ0v) is 21.3. The fraction of sp³-hybridized carbons (Fsp3) is 0.312. The lowest BCUT2D eigenvalue weighted by Gasteiger charge is -2.34. The molecule has 0 fully saturated rings. The Bertz CT molecular complexity index is 1440. The van der Waals surface area contributed by atoms with Crippen LogP contribution >= 0.6 is 0 Å². The first-order valence-corrected chi connectivity index (χ1v) is 13.2. The first-order chi connectivity index (χ1) is 18.2. The number of aryl methyl sites for hydroxylation is 2. The molecule has 1 aliphatic rings. The monoisotopic (exact) mass is 507 g/mol. The van der Waals surface area contributed by atoms with Crippen LogP contribution in [0.5, 0.6) is 0 Å². The third-order valence-electron chi connectivity index (χ3n) is 7.23. The number of H-pyrrole nitrogens is 1. The molecule has 0 saturated carbocycles. The van der Waals surface area contributed by atoms with E-state index in [-0.39, 0.29) is 13.5 Å². The molecule has 38 heavy (non-hydrogen) atoms. The predicted octanol–water partition coefficient (Wildman–Crippen LogP) is 6.87. The summed E-state index contributed by atoms with van der Waals surface area (Å²) in [4.78, 5) is 15.8. The van der Waals surface area contributed by atoms with Gasteiger partial charge in [-0.05, 0) is 73.2 Å². The SMILES string of the molecule is C.Cc1ccc(CNCc2ccc(CN(Cc3nc4ccccc4[nH]3)C3CCCc4cccnc43)cc2)o1. The van der Waals surface area contributed by atoms with Gasteiger partial charge >= 0.3 is 0 Å². The summed E-state index contributed by atoms with van der Waals surface area (Å²) in [5, 5.41) is 3.47. The highest BCUT2D eigenvalue weighted by Crippen LogP contribution is 2.34. The molecule has 0 radical (unpaired) electrons. The van der Waals surface area contributed by atoms with Crippen LogP contribution in [0, 0.1) is 6.92 Å². The fourth-order valence-electron chi connectivity index (χ4n) is 5.40. The van der Waals surface area contributed by atoms with Crippen LogP contribution < -0.4 is 5.32 Å². The Morgan fingerprint density at radius 2 is 1.79 bits per heavy atom. The first kappa shape index (κ1) is 25.9. The van der Waals surface area contributed by atoms with Crippen LogP contribution in [0.15, 0.2) is 83.4 Å². The molecule has 1 aliphatic carbocycles. The van der Waals surface area contributed by atoms with Crippen molar-refractivity contribution in [2.45, 2.75) is 65.8 Å². The van der Waals surface area contributed by atoms with Crippen molar-refractivity contribution in [1.29, 1.82) is 0 Å². The van der Waals surface area contributed by atoms with Crippen LogP contribution in [0.2, 0.25) is 0 Å². The van der Waals surface area contributed by atoms with Gasteiger partial charge in [0.15, 0.2) is 0 Å². The number of nitrogens with zero attached hydrogens (tertiary/aromatic N) is 3. The minimum atomic E-state index is 0. The number of benzene rings is 2. The quantitative estimate of drug-likeness (QED) is 0.228. The Balaban J connectivity index is 0.00000294. The van der Waals surface area contributed by atoms with Crippen LogP contribution in [-0.2, 0) is 32.6 Å². The van der Waals surface area contributed by atoms with Crippen molar-refractivity contribution in [1.82, 2.24) is 25.2 Å². The van der Waals surface area contributed by atoms with E-state index in [0.717, 1.165) is 67.4 Å². The smallest absolute Gasteiger partial charge is 0.121 e. The third-order valence-corrected chi connectivity index (χ3v) is 7.23. The number of aromatic amines is 1. The number of imidazole rings is 1. The summed E-state index contributed by atoms with van der Waals surface area (Å²) in [6, 6.07) is 25.8. The summed E-state index contributed by atoms with van der Waals surface area (Å²) < 4.78 is 5.65. The predicted molar refractivity (Wildman–Crippen MR) is 152 cm³/mol. The molecule has 3 heterocycles. The number of furan rings is 1. The number of pyridine rings is 1. The van der Waals surface area contributed by atoms with Gasteiger partial charge in [-0.25, -0.2) is 4.98 Å². The Labute approximate surface area is 225 Å². The molecule has 6 rings (SSSR count). The van der Waals surface area contributed by atoms with E-state index in [4.69, 9.17) is 14.4 Å². The van der Waals surface area contributed by atoms with Gasteiger partial charge < -0.3 is 14.7 Å². The average Bonchev–Trinajstić information content (AvgIpc) is 3.54. The van der Waals surface area contributed by atoms with Crippen LogP contribution in [0.1, 0.15) is 66.0 Å². The summed E-state index contributed by atoms with van der Waals surface area (Å²) in [6.07, 6.45) is 5.33. The van der Waals surface area contributed by atoms with Crippen molar-refractivity contribution >= 4 is 11.0 Å². The Kier molecular flexibility index (Phi) is 8.01. The van der Waals surface area contributed by atoms with E-state index in [1.165, 1.54) is 28.8 Å². The standard InChI is InChI=1S/C31H33N5O.CH4/c1-22-11-16-26(37-22)19-32-18-23-12-14-24(15-13-23)20-36(21-30-34-27-8-2-3-9-28(27)35-30)29-10-4-6-25-7-5-17-33-31(25)29;/h2-3,5,7-9,11-17,29,32H,4,6,10,18-21H2,1H3,(H,34,35);1H4. The fourth-order valence-corrected chi connectivity index (χ4v) is 5.40. The van der Waals surface area contributed by atoms with Gasteiger partial charge in [0.1, 0.15) is 17.3 Å². The summed E-state index contributed by atoms with van der Waals surface area (Å²) in [5.41, 5.74) is 7.26. The molecular formula is C32H37N5O. The van der Waals surface area contributed by atoms with E-state index in [1.54, 1.807) is 0 Å². The molecule has 1 atom stereocenters. The molecule has 5 aromatic rings. The molecule has 196 valence electrons. The summed E-state index contributed by atoms with van der Waals surface area (Å²) in [5.74, 6) is 2.92. The highest BCUT2D eigenvalue weighted by Gasteiger charge is 2.28. The maximum Gasteiger partial charge on any atom is 0.121 e. The van der Waals surface area contributed by atoms with Gasteiger partial charge in [0.05, 0.1) is 35.9 Å². The van der Waals surface area contributed by atoms with E-state index in [0.29, 0.717) is 0 Å². The first-order valence-electron chi connectivity index (χ1n) is 13.2. The largest absolute Gasteiger partial charge is 0.465 e. The molecule has 0 bridgehead atoms. The lowest BCUT2D eigenvalue weighted by Crippen LogP contribution is -2.31. The van der Waals surface area contributed by atoms with E-state index in [9.17, 15) is 0 Å². The Morgan fingerprint density at radius 3 is 2.61 bits per heavy atom. The topological polar surface area (TPSA) is 70.0 Å². The van der Waals surface area contributed by atoms with Crippen molar-refractivity contribution < 1.29 is 4.42 Å². The highest BCUT2D eigenvalue weighted by molar-refractivity contribution is 5.74. The van der Waals surface area contributed by atoms with Crippen molar-refractivity contribution in [3.8, 4) is 0 Å². The van der Waals surface area contributed by atoms with Crippen LogP contribution in [0.3, 0.4) is 0 Å². The molecule has 6 heteroatoms. The van der Waals surface area contributed by atoms with Crippen molar-refractivity contribution in [2.24, 2.45) is 0 Å². The van der Waals surface area contributed by atoms with Gasteiger partial charge in [0.25, 0.3) is 0 Å². The number of hydrogen-bond donors (Lipinski definition) is 2. The van der Waals surface area contributed by atoms with Gasteiger partial charge in [-0.15, -0.1) is 0 Å². The Morgan fingerprint density at radius 1 is 0.947 bits per heavy atom. The molecule has 3 aromatic heterocycles. The second kappa shape index (κ2) is 11.8. The summed E-state index contributed by atoms with van der Waals surface area (Å²) in [6.45, 7) is 5.11. The molecule has 2 N–H and O–H groups in total. The number of fused-ring (bicyclic) bond motifs is 2. The number of rotatable bonds is 9. The van der Waals surface area contributed by atoms with E-state index < -0.39 is 0 Å². The maximum atomic E-state index is 5.65. The average molecular weight is 508 g/mol. The van der Waals surface area contributed by atoms with Gasteiger partial charge in [-0.1, -0.05) is 49.9 Å². The Hall–Kier alpha value is -3.74. The van der Waals surface area contributed by atoms with Gasteiger partial charge in [0, 0.05) is 19.3 Å². The number of para-hydroxylation sites is 2. The van der Waals surface area contributed by atoms with E-state index in [1.807, 2.05) is 31.3 Å². The highest BCUT2D eigenvalue weighted by atomic mass is 16.3. The molecule has 0 aliphatic heterocycles. The van der Waals surface area contributed by atoms with Crippen molar-refractivity contribution in [3.63, 3.8) is 0 Å². The second-order valence-electron chi connectivity index (χ2n) is 9.99. The molecule has 0 amide bonds. The minimum Gasteiger partial charge on any atom is -0.465 e. The maximum absolute atomic E-state index is 5.65. The zero-order chi connectivity index (χ0) is 25.0. The van der Waals surface area contributed by atoms with Gasteiger partial charge in [-0.3, -0.25) is 9.88 Å². The molecule has 1 unspecified atom stereocenters. The molecular weight excluding hydrogens is 470 g/mol. The van der Waals surface area contributed by atoms with Crippen LogP contribution in [0.4, 0.5) is 0 Å². The lowest BCUT2D eigenvalue weighted by molar-refractivity contribution is 0.153. The summed E-state index contributed by atoms with van der Waals surface area (Å²) in [7, 11) is 0. The third kappa shape index (κ3) is 5.87. The number of hydrogen-bond acceptors (Lipinski definition) is 5. The van der Waals surface area contributed by atoms with Crippen LogP contribution in [-0.4, -0.2) is 19.9 Å². The van der Waals surface area contributed by atoms with Crippen LogP contribution in [0.25, 0.3) is 11.0 Å². The van der Waals surface area contributed by atoms with E-state index >= 15 is 0 Å². The van der Waals surface area contributed by atoms with E-state index in [2.05, 4.69) is 69.8 Å². The number of nitrogens with one attached hydrogen (secondary N) is 2. The van der Waals surface area contributed by atoms with Crippen molar-refractivity contribution in [2.75, 3.05) is 0 Å². The lowest BCUT2D eigenvalue weighted by atomic mass is 9.90. The normalized spacial score (nSPS) is 14.9. The molecule has 6 nitrogen and oxygen atoms in total. The molecule has 2 aromatic carbocycles. The number of aromatic nitrogens is 3. The summed E-state index contributed by atoms with van der Waals surface area (Å²) >= 11 is 0. The molecule has 0 spiro atoms. The minimum absolute atomic E-state index is 0. The van der Waals surface area contributed by atoms with Gasteiger partial charge in [0.2, 0.25) is 0 Å². The van der Waals surface area contributed by atoms with Crippen molar-refractivity contribution in [3.05, 3.63) is 119 Å². The van der Waals surface area contributed by atoms with Gasteiger partial charge in [-0.2, -0.15) is 0 Å².